The van der Waals surface area contributed by atoms with E-state index < -0.39 is 12.0 Å². The minimum absolute atomic E-state index is 0.130. The lowest BCUT2D eigenvalue weighted by Crippen LogP contribution is -2.48. The number of hydrogen-bond donors (Lipinski definition) is 2. The van der Waals surface area contributed by atoms with Crippen LogP contribution in [0, 0.1) is 0 Å². The molecule has 1 aliphatic rings. The zero-order valence-electron chi connectivity index (χ0n) is 5.83. The molecule has 0 aromatic rings. The van der Waals surface area contributed by atoms with E-state index in [0.29, 0.717) is 13.0 Å². The van der Waals surface area contributed by atoms with Gasteiger partial charge in [0.1, 0.15) is 12.3 Å². The largest absolute Gasteiger partial charge is 0.480 e. The SMILES string of the molecule is CC1NC(C(=O)O)CCO1. The van der Waals surface area contributed by atoms with E-state index >= 15 is 0 Å². The van der Waals surface area contributed by atoms with Gasteiger partial charge in [0.2, 0.25) is 0 Å². The fourth-order valence-electron chi connectivity index (χ4n) is 0.972. The molecule has 4 heteroatoms. The quantitative estimate of drug-likeness (QED) is 0.536. The second-order valence-electron chi connectivity index (χ2n) is 2.36. The third-order valence-corrected chi connectivity index (χ3v) is 1.51. The van der Waals surface area contributed by atoms with Gasteiger partial charge in [-0.15, -0.1) is 0 Å². The summed E-state index contributed by atoms with van der Waals surface area (Å²) in [6.45, 7) is 2.33. The van der Waals surface area contributed by atoms with E-state index in [4.69, 9.17) is 9.84 Å². The predicted octanol–water partition coefficient (Wildman–Crippen LogP) is -0.205. The van der Waals surface area contributed by atoms with Crippen molar-refractivity contribution in [1.82, 2.24) is 5.32 Å². The number of hydrogen-bond acceptors (Lipinski definition) is 3. The smallest absolute Gasteiger partial charge is 0.320 e. The van der Waals surface area contributed by atoms with E-state index in [1.807, 2.05) is 0 Å². The number of carboxylic acid groups (broad SMARTS) is 1. The summed E-state index contributed by atoms with van der Waals surface area (Å²) in [5.74, 6) is -0.796. The second kappa shape index (κ2) is 2.98. The Bertz CT molecular complexity index is 137. The summed E-state index contributed by atoms with van der Waals surface area (Å²) in [4.78, 5) is 10.4. The average molecular weight is 145 g/mol. The van der Waals surface area contributed by atoms with Crippen molar-refractivity contribution in [1.29, 1.82) is 0 Å². The van der Waals surface area contributed by atoms with E-state index in [2.05, 4.69) is 5.32 Å². The van der Waals surface area contributed by atoms with Gasteiger partial charge >= 0.3 is 5.97 Å². The Hall–Kier alpha value is -0.610. The van der Waals surface area contributed by atoms with Crippen LogP contribution in [0.15, 0.2) is 0 Å². The van der Waals surface area contributed by atoms with Crippen LogP contribution >= 0.6 is 0 Å². The van der Waals surface area contributed by atoms with Crippen molar-refractivity contribution in [3.63, 3.8) is 0 Å². The van der Waals surface area contributed by atoms with Gasteiger partial charge in [0.05, 0.1) is 6.61 Å². The molecule has 0 aromatic heterocycles. The number of carbonyl (C=O) groups is 1. The lowest BCUT2D eigenvalue weighted by molar-refractivity contribution is -0.144. The van der Waals surface area contributed by atoms with Crippen LogP contribution in [0.25, 0.3) is 0 Å². The standard InChI is InChI=1S/C6H11NO3/c1-4-7-5(6(8)9)2-3-10-4/h4-5,7H,2-3H2,1H3,(H,8,9). The van der Waals surface area contributed by atoms with Gasteiger partial charge in [-0.05, 0) is 13.3 Å². The molecule has 0 radical (unpaired) electrons. The Morgan fingerprint density at radius 1 is 1.80 bits per heavy atom. The zero-order chi connectivity index (χ0) is 7.56. The van der Waals surface area contributed by atoms with Gasteiger partial charge in [-0.2, -0.15) is 0 Å². The Balaban J connectivity index is 2.39. The molecule has 1 saturated heterocycles. The first-order chi connectivity index (χ1) is 4.70. The van der Waals surface area contributed by atoms with Gasteiger partial charge in [-0.1, -0.05) is 0 Å². The van der Waals surface area contributed by atoms with Crippen LogP contribution in [-0.4, -0.2) is 30.0 Å². The summed E-state index contributed by atoms with van der Waals surface area (Å²) in [6, 6.07) is -0.427. The molecule has 1 aliphatic heterocycles. The molecule has 58 valence electrons. The summed E-state index contributed by atoms with van der Waals surface area (Å²) >= 11 is 0. The average Bonchev–Trinajstić information content (AvgIpc) is 1.88. The maximum atomic E-state index is 10.4. The Morgan fingerprint density at radius 2 is 2.50 bits per heavy atom. The van der Waals surface area contributed by atoms with Crippen LogP contribution in [0.5, 0.6) is 0 Å². The molecule has 2 atom stereocenters. The van der Waals surface area contributed by atoms with E-state index in [-0.39, 0.29) is 6.23 Å². The van der Waals surface area contributed by atoms with Crippen molar-refractivity contribution in [2.24, 2.45) is 0 Å². The van der Waals surface area contributed by atoms with Crippen LogP contribution < -0.4 is 5.32 Å². The molecule has 2 unspecified atom stereocenters. The van der Waals surface area contributed by atoms with Gasteiger partial charge in [-0.3, -0.25) is 10.1 Å². The summed E-state index contributed by atoms with van der Waals surface area (Å²) in [7, 11) is 0. The molecule has 0 saturated carbocycles. The fourth-order valence-corrected chi connectivity index (χ4v) is 0.972. The van der Waals surface area contributed by atoms with Crippen LogP contribution in [-0.2, 0) is 9.53 Å². The highest BCUT2D eigenvalue weighted by Gasteiger charge is 2.23. The molecule has 1 heterocycles. The molecular formula is C6H11NO3. The summed E-state index contributed by atoms with van der Waals surface area (Å²) in [6.07, 6.45) is 0.425. The number of nitrogens with one attached hydrogen (secondary N) is 1. The van der Waals surface area contributed by atoms with Crippen molar-refractivity contribution in [2.75, 3.05) is 6.61 Å². The Morgan fingerprint density at radius 3 is 2.90 bits per heavy atom. The maximum absolute atomic E-state index is 10.4. The highest BCUT2D eigenvalue weighted by atomic mass is 16.5. The first-order valence-corrected chi connectivity index (χ1v) is 3.30. The van der Waals surface area contributed by atoms with Crippen LogP contribution in [0.2, 0.25) is 0 Å². The van der Waals surface area contributed by atoms with Gasteiger partial charge in [0, 0.05) is 0 Å². The third kappa shape index (κ3) is 1.68. The topological polar surface area (TPSA) is 58.6 Å². The maximum Gasteiger partial charge on any atom is 0.320 e. The van der Waals surface area contributed by atoms with Crippen molar-refractivity contribution >= 4 is 5.97 Å². The predicted molar refractivity (Wildman–Crippen MR) is 34.6 cm³/mol. The zero-order valence-corrected chi connectivity index (χ0v) is 5.83. The second-order valence-corrected chi connectivity index (χ2v) is 2.36. The summed E-state index contributed by atoms with van der Waals surface area (Å²) in [5.41, 5.74) is 0. The van der Waals surface area contributed by atoms with E-state index in [1.54, 1.807) is 6.92 Å². The molecular weight excluding hydrogens is 134 g/mol. The van der Waals surface area contributed by atoms with Gasteiger partial charge in [0.25, 0.3) is 0 Å². The molecule has 0 aromatic carbocycles. The van der Waals surface area contributed by atoms with Gasteiger partial charge in [0.15, 0.2) is 0 Å². The highest BCUT2D eigenvalue weighted by molar-refractivity contribution is 5.73. The molecule has 2 N–H and O–H groups in total. The van der Waals surface area contributed by atoms with Crippen molar-refractivity contribution in [2.45, 2.75) is 25.6 Å². The monoisotopic (exact) mass is 145 g/mol. The normalized spacial score (nSPS) is 33.7. The van der Waals surface area contributed by atoms with E-state index in [1.165, 1.54) is 0 Å². The van der Waals surface area contributed by atoms with Gasteiger partial charge < -0.3 is 9.84 Å². The summed E-state index contributed by atoms with van der Waals surface area (Å²) in [5, 5.41) is 11.3. The molecule has 4 nitrogen and oxygen atoms in total. The summed E-state index contributed by atoms with van der Waals surface area (Å²) < 4.78 is 5.08. The van der Waals surface area contributed by atoms with Gasteiger partial charge in [-0.25, -0.2) is 0 Å². The number of carboxylic acids is 1. The minimum atomic E-state index is -0.796. The fraction of sp³-hybridized carbons (Fsp3) is 0.833. The first kappa shape index (κ1) is 7.50. The van der Waals surface area contributed by atoms with Crippen molar-refractivity contribution < 1.29 is 14.6 Å². The molecule has 1 rings (SSSR count). The number of ether oxygens (including phenoxy) is 1. The van der Waals surface area contributed by atoms with Crippen molar-refractivity contribution in [3.8, 4) is 0 Å². The molecule has 0 aliphatic carbocycles. The molecule has 0 spiro atoms. The lowest BCUT2D eigenvalue weighted by atomic mass is 10.2. The van der Waals surface area contributed by atoms with E-state index in [0.717, 1.165) is 0 Å². The third-order valence-electron chi connectivity index (χ3n) is 1.51. The Labute approximate surface area is 59.2 Å². The molecule has 0 bridgehead atoms. The van der Waals surface area contributed by atoms with Crippen LogP contribution in [0.4, 0.5) is 0 Å². The van der Waals surface area contributed by atoms with Crippen molar-refractivity contribution in [3.05, 3.63) is 0 Å². The first-order valence-electron chi connectivity index (χ1n) is 3.30. The molecule has 1 fully saturated rings. The Kier molecular flexibility index (Phi) is 2.24. The number of aliphatic carboxylic acids is 1. The minimum Gasteiger partial charge on any atom is -0.480 e. The lowest BCUT2D eigenvalue weighted by Gasteiger charge is -2.25. The highest BCUT2D eigenvalue weighted by Crippen LogP contribution is 2.03. The number of rotatable bonds is 1. The van der Waals surface area contributed by atoms with E-state index in [9.17, 15) is 4.79 Å². The van der Waals surface area contributed by atoms with Crippen LogP contribution in [0.1, 0.15) is 13.3 Å². The molecule has 10 heavy (non-hydrogen) atoms. The molecule has 0 amide bonds. The van der Waals surface area contributed by atoms with Crippen LogP contribution in [0.3, 0.4) is 0 Å².